The van der Waals surface area contributed by atoms with E-state index in [2.05, 4.69) is 21.9 Å². The van der Waals surface area contributed by atoms with E-state index in [-0.39, 0.29) is 12.5 Å². The van der Waals surface area contributed by atoms with E-state index < -0.39 is 0 Å². The zero-order valence-electron chi connectivity index (χ0n) is 8.97. The molecule has 2 aliphatic heterocycles. The Labute approximate surface area is 97.1 Å². The maximum Gasteiger partial charge on any atom is 0.263 e. The Morgan fingerprint density at radius 1 is 1.47 bits per heavy atom. The lowest BCUT2D eigenvalue weighted by Crippen LogP contribution is -2.28. The predicted octanol–water partition coefficient (Wildman–Crippen LogP) is 0.115. The van der Waals surface area contributed by atoms with Gasteiger partial charge in [-0.2, -0.15) is 0 Å². The highest BCUT2D eigenvalue weighted by Crippen LogP contribution is 2.27. The van der Waals surface area contributed by atoms with Crippen LogP contribution in [-0.4, -0.2) is 35.6 Å². The van der Waals surface area contributed by atoms with E-state index in [1.165, 1.54) is 0 Å². The maximum absolute atomic E-state index is 11.2. The third-order valence-corrected chi connectivity index (χ3v) is 2.49. The van der Waals surface area contributed by atoms with Gasteiger partial charge >= 0.3 is 0 Å². The van der Waals surface area contributed by atoms with Crippen molar-refractivity contribution < 1.29 is 14.3 Å². The number of carbonyl (C=O) groups excluding carboxylic acids is 1. The Morgan fingerprint density at radius 3 is 3.12 bits per heavy atom. The molecule has 1 aromatic heterocycles. The molecule has 0 saturated carbocycles. The molecule has 1 fully saturated rings. The van der Waals surface area contributed by atoms with Crippen molar-refractivity contribution in [1.29, 1.82) is 0 Å². The third kappa shape index (κ3) is 1.65. The first-order chi connectivity index (χ1) is 8.24. The number of nitrogens with zero attached hydrogens (tertiary/aromatic N) is 3. The highest BCUT2D eigenvalue weighted by atomic mass is 16.5. The number of rotatable bonds is 1. The first-order valence-electron chi connectivity index (χ1n) is 5.13. The molecule has 0 bridgehead atoms. The summed E-state index contributed by atoms with van der Waals surface area (Å²) in [6, 6.07) is 0. The standard InChI is InChI=1S/C10H10N4O3/c1-6-14(2-3-16-6)7-4-11-10-9(12-7)13-8(15)5-17-10/h4H,1-3,5H2,(H,12,13,15). The molecule has 0 aliphatic carbocycles. The van der Waals surface area contributed by atoms with Gasteiger partial charge in [0, 0.05) is 0 Å². The Balaban J connectivity index is 1.94. The van der Waals surface area contributed by atoms with Gasteiger partial charge in [0.05, 0.1) is 12.7 Å². The van der Waals surface area contributed by atoms with Crippen LogP contribution in [-0.2, 0) is 9.53 Å². The van der Waals surface area contributed by atoms with Gasteiger partial charge in [-0.1, -0.05) is 0 Å². The number of hydrogen-bond acceptors (Lipinski definition) is 6. The minimum absolute atomic E-state index is 0.0272. The van der Waals surface area contributed by atoms with Gasteiger partial charge in [0.1, 0.15) is 6.61 Å². The summed E-state index contributed by atoms with van der Waals surface area (Å²) in [6.45, 7) is 4.97. The number of fused-ring (bicyclic) bond motifs is 1. The van der Waals surface area contributed by atoms with Gasteiger partial charge in [-0.05, 0) is 6.58 Å². The molecule has 7 heteroatoms. The van der Waals surface area contributed by atoms with Crippen LogP contribution in [0.1, 0.15) is 0 Å². The molecule has 17 heavy (non-hydrogen) atoms. The van der Waals surface area contributed by atoms with Gasteiger partial charge in [-0.25, -0.2) is 9.97 Å². The third-order valence-electron chi connectivity index (χ3n) is 2.49. The quantitative estimate of drug-likeness (QED) is 0.743. The summed E-state index contributed by atoms with van der Waals surface area (Å²) in [5.74, 6) is 1.54. The molecular weight excluding hydrogens is 224 g/mol. The van der Waals surface area contributed by atoms with E-state index >= 15 is 0 Å². The molecule has 0 aromatic carbocycles. The summed E-state index contributed by atoms with van der Waals surface area (Å²) in [6.07, 6.45) is 1.57. The molecule has 0 radical (unpaired) electrons. The topological polar surface area (TPSA) is 76.6 Å². The van der Waals surface area contributed by atoms with Crippen molar-refractivity contribution in [2.45, 2.75) is 0 Å². The van der Waals surface area contributed by atoms with Gasteiger partial charge < -0.3 is 14.8 Å². The van der Waals surface area contributed by atoms with E-state index in [0.29, 0.717) is 36.6 Å². The highest BCUT2D eigenvalue weighted by Gasteiger charge is 2.24. The first kappa shape index (κ1) is 9.88. The van der Waals surface area contributed by atoms with Crippen LogP contribution in [0.2, 0.25) is 0 Å². The SMILES string of the molecule is C=C1OCCN1c1cnc2c(n1)NC(=O)CO2. The zero-order chi connectivity index (χ0) is 11.8. The first-order valence-corrected chi connectivity index (χ1v) is 5.13. The normalized spacial score (nSPS) is 18.2. The van der Waals surface area contributed by atoms with Crippen molar-refractivity contribution in [2.75, 3.05) is 30.0 Å². The van der Waals surface area contributed by atoms with Crippen molar-refractivity contribution in [2.24, 2.45) is 0 Å². The maximum atomic E-state index is 11.2. The molecule has 1 saturated heterocycles. The Kier molecular flexibility index (Phi) is 2.10. The molecule has 2 aliphatic rings. The van der Waals surface area contributed by atoms with Crippen LogP contribution in [0.5, 0.6) is 5.88 Å². The summed E-state index contributed by atoms with van der Waals surface area (Å²) in [4.78, 5) is 21.3. The highest BCUT2D eigenvalue weighted by molar-refractivity contribution is 5.93. The van der Waals surface area contributed by atoms with Crippen molar-refractivity contribution in [3.63, 3.8) is 0 Å². The number of hydrogen-bond donors (Lipinski definition) is 1. The zero-order valence-corrected chi connectivity index (χ0v) is 8.97. The molecule has 0 atom stereocenters. The fourth-order valence-electron chi connectivity index (χ4n) is 1.69. The summed E-state index contributed by atoms with van der Waals surface area (Å²) >= 11 is 0. The molecule has 7 nitrogen and oxygen atoms in total. The van der Waals surface area contributed by atoms with Crippen LogP contribution >= 0.6 is 0 Å². The number of ether oxygens (including phenoxy) is 2. The Morgan fingerprint density at radius 2 is 2.35 bits per heavy atom. The van der Waals surface area contributed by atoms with Gasteiger partial charge in [-0.15, -0.1) is 0 Å². The monoisotopic (exact) mass is 234 g/mol. The van der Waals surface area contributed by atoms with E-state index in [4.69, 9.17) is 9.47 Å². The second-order valence-corrected chi connectivity index (χ2v) is 3.61. The molecule has 88 valence electrons. The summed E-state index contributed by atoms with van der Waals surface area (Å²) in [7, 11) is 0. The minimum Gasteiger partial charge on any atom is -0.477 e. The molecule has 3 heterocycles. The van der Waals surface area contributed by atoms with Gasteiger partial charge in [0.2, 0.25) is 0 Å². The molecule has 0 spiro atoms. The van der Waals surface area contributed by atoms with Crippen LogP contribution in [0.4, 0.5) is 11.6 Å². The number of anilines is 2. The van der Waals surface area contributed by atoms with Crippen molar-refractivity contribution in [3.8, 4) is 5.88 Å². The molecule has 3 rings (SSSR count). The van der Waals surface area contributed by atoms with Crippen LogP contribution in [0.25, 0.3) is 0 Å². The average molecular weight is 234 g/mol. The molecule has 1 N–H and O–H groups in total. The molecule has 0 unspecified atom stereocenters. The summed E-state index contributed by atoms with van der Waals surface area (Å²) in [5.41, 5.74) is 0. The van der Waals surface area contributed by atoms with Crippen molar-refractivity contribution >= 4 is 17.5 Å². The Bertz CT molecular complexity index is 502. The lowest BCUT2D eigenvalue weighted by molar-refractivity contribution is -0.118. The molecule has 1 aromatic rings. The Hall–Kier alpha value is -2.31. The van der Waals surface area contributed by atoms with Gasteiger partial charge in [0.15, 0.2) is 24.1 Å². The number of nitrogens with one attached hydrogen (secondary N) is 1. The molecule has 1 amide bonds. The van der Waals surface area contributed by atoms with Crippen LogP contribution in [0.15, 0.2) is 18.7 Å². The van der Waals surface area contributed by atoms with E-state index in [1.54, 1.807) is 11.1 Å². The fourth-order valence-corrected chi connectivity index (χ4v) is 1.69. The van der Waals surface area contributed by atoms with E-state index in [9.17, 15) is 4.79 Å². The van der Waals surface area contributed by atoms with Crippen LogP contribution < -0.4 is 15.0 Å². The fraction of sp³-hybridized carbons (Fsp3) is 0.300. The number of amides is 1. The van der Waals surface area contributed by atoms with E-state index in [1.807, 2.05) is 0 Å². The van der Waals surface area contributed by atoms with Crippen LogP contribution in [0, 0.1) is 0 Å². The molecular formula is C10H10N4O3. The minimum atomic E-state index is -0.236. The second-order valence-electron chi connectivity index (χ2n) is 3.61. The second kappa shape index (κ2) is 3.62. The lowest BCUT2D eigenvalue weighted by atomic mass is 10.4. The van der Waals surface area contributed by atoms with Crippen LogP contribution in [0.3, 0.4) is 0 Å². The largest absolute Gasteiger partial charge is 0.477 e. The van der Waals surface area contributed by atoms with Gasteiger partial charge in [0.25, 0.3) is 11.8 Å². The average Bonchev–Trinajstić information content (AvgIpc) is 2.74. The summed E-state index contributed by atoms with van der Waals surface area (Å²) < 4.78 is 10.4. The van der Waals surface area contributed by atoms with E-state index in [0.717, 1.165) is 0 Å². The summed E-state index contributed by atoms with van der Waals surface area (Å²) in [5, 5.41) is 2.60. The lowest BCUT2D eigenvalue weighted by Gasteiger charge is -2.19. The van der Waals surface area contributed by atoms with Gasteiger partial charge in [-0.3, -0.25) is 9.69 Å². The number of aromatic nitrogens is 2. The van der Waals surface area contributed by atoms with Crippen molar-refractivity contribution in [1.82, 2.24) is 9.97 Å². The van der Waals surface area contributed by atoms with Crippen molar-refractivity contribution in [3.05, 3.63) is 18.7 Å². The smallest absolute Gasteiger partial charge is 0.263 e. The predicted molar refractivity (Wildman–Crippen MR) is 58.6 cm³/mol. The number of carbonyl (C=O) groups is 1.